The number of likely N-dealkylation sites (N-methyl/N-ethyl adjacent to an activating group) is 1. The Kier molecular flexibility index (Phi) is 4.99. The second kappa shape index (κ2) is 7.01. The number of ether oxygens (including phenoxy) is 2. The third-order valence-corrected chi connectivity index (χ3v) is 5.17. The fraction of sp³-hybridized carbons (Fsp3) is 0.556. The molecule has 24 heavy (non-hydrogen) atoms. The van der Waals surface area contributed by atoms with Gasteiger partial charge < -0.3 is 14.4 Å². The maximum absolute atomic E-state index is 12.8. The lowest BCUT2D eigenvalue weighted by Gasteiger charge is -2.30. The van der Waals surface area contributed by atoms with Crippen LogP contribution in [0.25, 0.3) is 0 Å². The van der Waals surface area contributed by atoms with Crippen molar-refractivity contribution in [3.05, 3.63) is 29.3 Å². The van der Waals surface area contributed by atoms with Gasteiger partial charge in [0.1, 0.15) is 18.0 Å². The van der Waals surface area contributed by atoms with E-state index in [9.17, 15) is 9.59 Å². The van der Waals surface area contributed by atoms with Crippen molar-refractivity contribution in [3.63, 3.8) is 0 Å². The number of nitrogens with zero attached hydrogens (tertiary/aromatic N) is 1. The Hall–Kier alpha value is -1.75. The fourth-order valence-electron chi connectivity index (χ4n) is 3.66. The van der Waals surface area contributed by atoms with Gasteiger partial charge in [0.05, 0.1) is 18.9 Å². The Bertz CT molecular complexity index is 627. The Morgan fingerprint density at radius 2 is 2.17 bits per heavy atom. The molecule has 1 aliphatic carbocycles. The summed E-state index contributed by atoms with van der Waals surface area (Å²) in [6, 6.07) is 7.16. The minimum atomic E-state index is -0.559. The minimum absolute atomic E-state index is 0.0301. The second-order valence-corrected chi connectivity index (χ2v) is 7.00. The number of carbonyl (C=O) groups is 2. The predicted molar refractivity (Wildman–Crippen MR) is 90.0 cm³/mol. The van der Waals surface area contributed by atoms with Gasteiger partial charge in [-0.1, -0.05) is 17.7 Å². The van der Waals surface area contributed by atoms with E-state index in [-0.39, 0.29) is 24.2 Å². The molecule has 2 fully saturated rings. The molecule has 1 heterocycles. The first-order chi connectivity index (χ1) is 11.5. The molecule has 1 saturated heterocycles. The zero-order valence-corrected chi connectivity index (χ0v) is 14.6. The van der Waals surface area contributed by atoms with E-state index in [2.05, 4.69) is 0 Å². The zero-order valence-electron chi connectivity index (χ0n) is 13.8. The average molecular weight is 352 g/mol. The second-order valence-electron chi connectivity index (χ2n) is 6.57. The van der Waals surface area contributed by atoms with E-state index in [0.29, 0.717) is 23.9 Å². The highest BCUT2D eigenvalue weighted by molar-refractivity contribution is 6.30. The molecule has 1 atom stereocenters. The summed E-state index contributed by atoms with van der Waals surface area (Å²) < 4.78 is 11.2. The highest BCUT2D eigenvalue weighted by Crippen LogP contribution is 2.46. The number of rotatable bonds is 5. The maximum atomic E-state index is 12.8. The van der Waals surface area contributed by atoms with Crippen LogP contribution in [0.3, 0.4) is 0 Å². The number of halogens is 1. The first-order valence-electron chi connectivity index (χ1n) is 8.35. The van der Waals surface area contributed by atoms with Crippen LogP contribution in [0, 0.1) is 5.92 Å². The first-order valence-corrected chi connectivity index (χ1v) is 8.73. The largest absolute Gasteiger partial charge is 0.492 e. The van der Waals surface area contributed by atoms with E-state index < -0.39 is 5.60 Å². The number of carbonyl (C=O) groups excluding carboxylic acids is 2. The van der Waals surface area contributed by atoms with Crippen molar-refractivity contribution in [3.8, 4) is 5.75 Å². The highest BCUT2D eigenvalue weighted by Gasteiger charge is 2.54. The Labute approximate surface area is 146 Å². The van der Waals surface area contributed by atoms with E-state index in [1.54, 1.807) is 24.1 Å². The van der Waals surface area contributed by atoms with E-state index >= 15 is 0 Å². The molecule has 1 unspecified atom stereocenters. The maximum Gasteiger partial charge on any atom is 0.307 e. The van der Waals surface area contributed by atoms with Gasteiger partial charge in [0.25, 0.3) is 0 Å². The van der Waals surface area contributed by atoms with Gasteiger partial charge in [0.2, 0.25) is 5.91 Å². The monoisotopic (exact) mass is 351 g/mol. The molecule has 0 N–H and O–H groups in total. The lowest BCUT2D eigenvalue weighted by molar-refractivity contribution is -0.151. The molecule has 130 valence electrons. The van der Waals surface area contributed by atoms with Crippen LogP contribution >= 0.6 is 11.6 Å². The normalized spacial score (nSPS) is 21.8. The molecular formula is C18H22ClNO4. The number of hydrogen-bond donors (Lipinski definition) is 0. The average Bonchev–Trinajstić information content (AvgIpc) is 3.14. The molecule has 1 saturated carbocycles. The summed E-state index contributed by atoms with van der Waals surface area (Å²) in [5, 5.41) is 0.613. The van der Waals surface area contributed by atoms with Crippen LogP contribution in [0.4, 0.5) is 0 Å². The van der Waals surface area contributed by atoms with Crippen molar-refractivity contribution in [1.29, 1.82) is 0 Å². The van der Waals surface area contributed by atoms with Crippen LogP contribution in [0.5, 0.6) is 5.75 Å². The molecule has 1 aliphatic heterocycles. The molecule has 1 spiro atoms. The molecule has 0 radical (unpaired) electrons. The van der Waals surface area contributed by atoms with E-state index in [0.717, 1.165) is 25.7 Å². The number of benzene rings is 1. The Morgan fingerprint density at radius 1 is 1.42 bits per heavy atom. The van der Waals surface area contributed by atoms with Gasteiger partial charge in [-0.2, -0.15) is 0 Å². The Morgan fingerprint density at radius 3 is 2.88 bits per heavy atom. The fourth-order valence-corrected chi connectivity index (χ4v) is 3.84. The van der Waals surface area contributed by atoms with Crippen LogP contribution in [0.2, 0.25) is 5.02 Å². The van der Waals surface area contributed by atoms with E-state index in [4.69, 9.17) is 21.1 Å². The van der Waals surface area contributed by atoms with Gasteiger partial charge in [-0.05, 0) is 43.9 Å². The van der Waals surface area contributed by atoms with Crippen molar-refractivity contribution < 1.29 is 19.1 Å². The third kappa shape index (κ3) is 3.51. The van der Waals surface area contributed by atoms with Crippen molar-refractivity contribution in [1.82, 2.24) is 4.90 Å². The van der Waals surface area contributed by atoms with Crippen LogP contribution in [-0.4, -0.2) is 42.6 Å². The van der Waals surface area contributed by atoms with Crippen LogP contribution < -0.4 is 4.74 Å². The van der Waals surface area contributed by atoms with Gasteiger partial charge in [0, 0.05) is 12.1 Å². The van der Waals surface area contributed by atoms with Gasteiger partial charge in [-0.25, -0.2) is 0 Å². The molecule has 6 heteroatoms. The molecule has 0 bridgehead atoms. The van der Waals surface area contributed by atoms with Crippen molar-refractivity contribution in [2.24, 2.45) is 5.92 Å². The van der Waals surface area contributed by atoms with Crippen molar-refractivity contribution >= 4 is 23.5 Å². The molecule has 1 aromatic rings. The van der Waals surface area contributed by atoms with Crippen LogP contribution in [0.1, 0.15) is 32.1 Å². The molecule has 2 aliphatic rings. The lowest BCUT2D eigenvalue weighted by Crippen LogP contribution is -2.44. The van der Waals surface area contributed by atoms with Gasteiger partial charge in [0.15, 0.2) is 0 Å². The minimum Gasteiger partial charge on any atom is -0.492 e. The number of esters is 1. The molecule has 1 amide bonds. The van der Waals surface area contributed by atoms with Crippen LogP contribution in [0.15, 0.2) is 24.3 Å². The zero-order chi connectivity index (χ0) is 17.2. The highest BCUT2D eigenvalue weighted by atomic mass is 35.5. The van der Waals surface area contributed by atoms with Gasteiger partial charge in [-0.3, -0.25) is 9.59 Å². The van der Waals surface area contributed by atoms with Crippen molar-refractivity contribution in [2.45, 2.75) is 37.7 Å². The van der Waals surface area contributed by atoms with Crippen LogP contribution in [-0.2, 0) is 14.3 Å². The van der Waals surface area contributed by atoms with Gasteiger partial charge in [-0.15, -0.1) is 0 Å². The number of amides is 1. The quantitative estimate of drug-likeness (QED) is 0.765. The summed E-state index contributed by atoms with van der Waals surface area (Å²) in [5.41, 5.74) is -0.559. The summed E-state index contributed by atoms with van der Waals surface area (Å²) in [6.07, 6.45) is 3.81. The molecule has 0 aromatic heterocycles. The summed E-state index contributed by atoms with van der Waals surface area (Å²) in [5.74, 6) is 0.0370. The lowest BCUT2D eigenvalue weighted by atomic mass is 9.85. The first kappa shape index (κ1) is 17.1. The summed E-state index contributed by atoms with van der Waals surface area (Å²) >= 11 is 5.92. The molecular weight excluding hydrogens is 330 g/mol. The Balaban J connectivity index is 1.55. The summed E-state index contributed by atoms with van der Waals surface area (Å²) in [6.45, 7) is 0.823. The third-order valence-electron chi connectivity index (χ3n) is 4.94. The SMILES string of the molecule is CN(CCOc1cccc(Cl)c1)C(=O)C1CC(=O)OC12CCCC2. The molecule has 1 aromatic carbocycles. The predicted octanol–water partition coefficient (Wildman–Crippen LogP) is 3.05. The molecule has 3 rings (SSSR count). The topological polar surface area (TPSA) is 55.8 Å². The summed E-state index contributed by atoms with van der Waals surface area (Å²) in [4.78, 5) is 26.1. The standard InChI is InChI=1S/C18H22ClNO4/c1-20(9-10-23-14-6-4-5-13(19)11-14)17(22)15-12-16(21)24-18(15)7-2-3-8-18/h4-6,11,15H,2-3,7-10,12H2,1H3. The van der Waals surface area contributed by atoms with E-state index in [1.165, 1.54) is 0 Å². The number of hydrogen-bond acceptors (Lipinski definition) is 4. The molecule has 5 nitrogen and oxygen atoms in total. The van der Waals surface area contributed by atoms with Gasteiger partial charge >= 0.3 is 5.97 Å². The van der Waals surface area contributed by atoms with Crippen molar-refractivity contribution in [2.75, 3.05) is 20.2 Å². The smallest absolute Gasteiger partial charge is 0.307 e. The summed E-state index contributed by atoms with van der Waals surface area (Å²) in [7, 11) is 1.75. The van der Waals surface area contributed by atoms with E-state index in [1.807, 2.05) is 12.1 Å².